The van der Waals surface area contributed by atoms with Crippen molar-refractivity contribution >= 4 is 16.8 Å². The Hall–Kier alpha value is -2.80. The van der Waals surface area contributed by atoms with E-state index in [4.69, 9.17) is 9.84 Å². The summed E-state index contributed by atoms with van der Waals surface area (Å²) in [4.78, 5) is 14.9. The van der Waals surface area contributed by atoms with Crippen molar-refractivity contribution in [3.63, 3.8) is 0 Å². The van der Waals surface area contributed by atoms with E-state index >= 15 is 0 Å². The summed E-state index contributed by atoms with van der Waals surface area (Å²) in [5.41, 5.74) is 6.06. The number of hydrogen-bond acceptors (Lipinski definition) is 4. The maximum Gasteiger partial charge on any atom is 0.219 e. The largest absolute Gasteiger partial charge is 0.497 e. The van der Waals surface area contributed by atoms with Crippen LogP contribution in [0.5, 0.6) is 5.75 Å². The Kier molecular flexibility index (Phi) is 6.52. The summed E-state index contributed by atoms with van der Waals surface area (Å²) >= 11 is 0. The van der Waals surface area contributed by atoms with Crippen molar-refractivity contribution in [1.29, 1.82) is 0 Å². The van der Waals surface area contributed by atoms with Crippen molar-refractivity contribution in [2.75, 3.05) is 20.2 Å². The Morgan fingerprint density at radius 3 is 2.67 bits per heavy atom. The topological polar surface area (TPSA) is 64.3 Å². The Morgan fingerprint density at radius 2 is 2.03 bits per heavy atom. The predicted molar refractivity (Wildman–Crippen MR) is 132 cm³/mol. The minimum Gasteiger partial charge on any atom is -0.497 e. The van der Waals surface area contributed by atoms with Gasteiger partial charge in [-0.3, -0.25) is 14.4 Å². The van der Waals surface area contributed by atoms with Gasteiger partial charge in [0, 0.05) is 79.5 Å². The molecule has 0 aliphatic carbocycles. The van der Waals surface area contributed by atoms with Gasteiger partial charge in [0.15, 0.2) is 0 Å². The molecule has 3 heterocycles. The number of aromatic nitrogens is 3. The first-order chi connectivity index (χ1) is 15.7. The van der Waals surface area contributed by atoms with E-state index in [1.165, 1.54) is 27.7 Å². The molecule has 0 bridgehead atoms. The van der Waals surface area contributed by atoms with Gasteiger partial charge in [-0.25, -0.2) is 0 Å². The Balaban J connectivity index is 1.68. The van der Waals surface area contributed by atoms with Crippen molar-refractivity contribution in [3.8, 4) is 5.75 Å². The van der Waals surface area contributed by atoms with Crippen molar-refractivity contribution in [2.45, 2.75) is 65.6 Å². The minimum absolute atomic E-state index is 0.0648. The van der Waals surface area contributed by atoms with Crippen LogP contribution < -0.4 is 10.1 Å². The third-order valence-corrected chi connectivity index (χ3v) is 7.04. The van der Waals surface area contributed by atoms with Gasteiger partial charge < -0.3 is 14.6 Å². The summed E-state index contributed by atoms with van der Waals surface area (Å²) in [6.45, 7) is 13.1. The summed E-state index contributed by atoms with van der Waals surface area (Å²) in [6.07, 6.45) is 2.71. The molecule has 0 saturated carbocycles. The fourth-order valence-corrected chi connectivity index (χ4v) is 5.26. The molecule has 3 aromatic rings. The van der Waals surface area contributed by atoms with Crippen LogP contribution in [0.3, 0.4) is 0 Å². The number of hydrogen-bond donors (Lipinski definition) is 1. The van der Waals surface area contributed by atoms with E-state index < -0.39 is 0 Å². The highest BCUT2D eigenvalue weighted by atomic mass is 16.5. The highest BCUT2D eigenvalue weighted by molar-refractivity contribution is 5.86. The molecule has 1 N–H and O–H groups in total. The van der Waals surface area contributed by atoms with Crippen LogP contribution in [-0.4, -0.2) is 51.4 Å². The molecule has 0 spiro atoms. The highest BCUT2D eigenvalue weighted by Crippen LogP contribution is 2.36. The van der Waals surface area contributed by atoms with Gasteiger partial charge in [0.05, 0.1) is 12.8 Å². The molecule has 178 valence electrons. The molecule has 1 fully saturated rings. The van der Waals surface area contributed by atoms with E-state index in [9.17, 15) is 4.79 Å². The zero-order valence-corrected chi connectivity index (χ0v) is 21.0. The van der Waals surface area contributed by atoms with Crippen LogP contribution in [-0.2, 0) is 18.4 Å². The normalized spacial score (nSPS) is 19.0. The highest BCUT2D eigenvalue weighted by Gasteiger charge is 2.37. The van der Waals surface area contributed by atoms with Gasteiger partial charge >= 0.3 is 0 Å². The van der Waals surface area contributed by atoms with Gasteiger partial charge in [-0.2, -0.15) is 5.10 Å². The lowest BCUT2D eigenvalue weighted by molar-refractivity contribution is -0.121. The average molecular weight is 452 g/mol. The second-order valence-electron chi connectivity index (χ2n) is 9.59. The molecule has 1 aromatic carbocycles. The maximum atomic E-state index is 12.4. The van der Waals surface area contributed by atoms with E-state index in [1.807, 2.05) is 13.0 Å². The van der Waals surface area contributed by atoms with Crippen molar-refractivity contribution in [1.82, 2.24) is 24.6 Å². The van der Waals surface area contributed by atoms with Crippen molar-refractivity contribution in [2.24, 2.45) is 7.05 Å². The lowest BCUT2D eigenvalue weighted by atomic mass is 9.93. The number of rotatable bonds is 7. The smallest absolute Gasteiger partial charge is 0.219 e. The molecule has 0 radical (unpaired) electrons. The summed E-state index contributed by atoms with van der Waals surface area (Å²) < 4.78 is 9.80. The molecule has 33 heavy (non-hydrogen) atoms. The number of methoxy groups -OCH3 is 1. The lowest BCUT2D eigenvalue weighted by Crippen LogP contribution is -2.39. The average Bonchev–Trinajstić information content (AvgIpc) is 3.42. The second-order valence-corrected chi connectivity index (χ2v) is 9.59. The van der Waals surface area contributed by atoms with E-state index in [-0.39, 0.29) is 17.9 Å². The number of aryl methyl sites for hydroxylation is 2. The quantitative estimate of drug-likeness (QED) is 0.588. The number of nitrogens with zero attached hydrogens (tertiary/aromatic N) is 4. The van der Waals surface area contributed by atoms with Gasteiger partial charge in [0.2, 0.25) is 5.91 Å². The van der Waals surface area contributed by atoms with Gasteiger partial charge in [0.1, 0.15) is 5.75 Å². The molecule has 2 atom stereocenters. The fraction of sp³-hybridized carbons (Fsp3) is 0.538. The molecular weight excluding hydrogens is 414 g/mol. The molecule has 0 unspecified atom stereocenters. The maximum absolute atomic E-state index is 12.4. The molecule has 1 saturated heterocycles. The lowest BCUT2D eigenvalue weighted by Gasteiger charge is -2.19. The van der Waals surface area contributed by atoms with Crippen LogP contribution >= 0.6 is 0 Å². The van der Waals surface area contributed by atoms with E-state index in [0.29, 0.717) is 12.5 Å². The van der Waals surface area contributed by atoms with Gasteiger partial charge in [-0.15, -0.1) is 0 Å². The van der Waals surface area contributed by atoms with E-state index in [2.05, 4.69) is 72.5 Å². The number of ether oxygens (including phenoxy) is 1. The van der Waals surface area contributed by atoms with Crippen LogP contribution in [0.4, 0.5) is 0 Å². The molecule has 7 nitrogen and oxygen atoms in total. The van der Waals surface area contributed by atoms with Crippen LogP contribution in [0.2, 0.25) is 0 Å². The molecular formula is C26H37N5O2. The predicted octanol–water partition coefficient (Wildman–Crippen LogP) is 4.08. The van der Waals surface area contributed by atoms with Crippen LogP contribution in [0.1, 0.15) is 61.7 Å². The van der Waals surface area contributed by atoms with Gasteiger partial charge in [-0.1, -0.05) is 6.92 Å². The minimum atomic E-state index is 0.0648. The zero-order valence-electron chi connectivity index (χ0n) is 21.0. The van der Waals surface area contributed by atoms with Crippen molar-refractivity contribution < 1.29 is 9.53 Å². The molecule has 4 rings (SSSR count). The third kappa shape index (κ3) is 4.38. The Labute approximate surface area is 196 Å². The summed E-state index contributed by atoms with van der Waals surface area (Å²) in [7, 11) is 3.78. The van der Waals surface area contributed by atoms with E-state index in [0.717, 1.165) is 31.1 Å². The van der Waals surface area contributed by atoms with Crippen molar-refractivity contribution in [3.05, 3.63) is 46.9 Å². The summed E-state index contributed by atoms with van der Waals surface area (Å²) in [5.74, 6) is 1.16. The monoisotopic (exact) mass is 451 g/mol. The molecule has 7 heteroatoms. The number of nitrogens with one attached hydrogen (secondary N) is 1. The first kappa shape index (κ1) is 23.4. The molecule has 2 aromatic heterocycles. The van der Waals surface area contributed by atoms with Crippen LogP contribution in [0, 0.1) is 13.8 Å². The second kappa shape index (κ2) is 9.21. The molecule has 1 amide bonds. The Bertz CT molecular complexity index is 1160. The summed E-state index contributed by atoms with van der Waals surface area (Å²) in [6, 6.07) is 6.63. The number of benzene rings is 1. The zero-order chi connectivity index (χ0) is 23.9. The molecule has 1 aliphatic heterocycles. The van der Waals surface area contributed by atoms with Crippen LogP contribution in [0.15, 0.2) is 24.4 Å². The number of carbonyl (C=O) groups excluding carboxylic acids is 1. The number of likely N-dealkylation sites (tertiary alicyclic amines) is 1. The van der Waals surface area contributed by atoms with Gasteiger partial charge in [0.25, 0.3) is 0 Å². The Morgan fingerprint density at radius 1 is 1.27 bits per heavy atom. The first-order valence-corrected chi connectivity index (χ1v) is 11.9. The number of carbonyl (C=O) groups is 1. The SMILES string of the molecule is CCC(=O)N[C@H]1CN(Cc2c(C)nn(C(C)C)c2C)C[C@@H]1c1cn(C)c2ccc(OC)cc12. The standard InChI is InChI=1S/C26H37N5O2/c1-8-26(32)27-24-15-30(13-21-17(4)28-31(16(2)3)18(21)5)14-23(24)22-12-29(6)25-10-9-19(33-7)11-20(22)25/h9-12,16,23-24H,8,13-15H2,1-7H3,(H,27,32)/t23-,24+/m1/s1. The first-order valence-electron chi connectivity index (χ1n) is 11.9. The summed E-state index contributed by atoms with van der Waals surface area (Å²) in [5, 5.41) is 9.28. The number of fused-ring (bicyclic) bond motifs is 1. The third-order valence-electron chi connectivity index (χ3n) is 7.04. The molecule has 1 aliphatic rings. The van der Waals surface area contributed by atoms with Crippen LogP contribution in [0.25, 0.3) is 10.9 Å². The fourth-order valence-electron chi connectivity index (χ4n) is 5.26. The number of amides is 1. The van der Waals surface area contributed by atoms with E-state index in [1.54, 1.807) is 7.11 Å². The van der Waals surface area contributed by atoms with Gasteiger partial charge in [-0.05, 0) is 51.5 Å².